The lowest BCUT2D eigenvalue weighted by molar-refractivity contribution is -0.116. The van der Waals surface area contributed by atoms with E-state index in [1.54, 1.807) is 17.4 Å². The van der Waals surface area contributed by atoms with Gasteiger partial charge in [-0.25, -0.2) is 4.98 Å². The number of rotatable bonds is 2. The van der Waals surface area contributed by atoms with Crippen LogP contribution in [-0.4, -0.2) is 10.9 Å². The van der Waals surface area contributed by atoms with Crippen molar-refractivity contribution in [1.29, 1.82) is 0 Å². The smallest absolute Gasteiger partial charge is 0.245 e. The van der Waals surface area contributed by atoms with Crippen molar-refractivity contribution in [3.63, 3.8) is 0 Å². The molecule has 1 aromatic heterocycles. The summed E-state index contributed by atoms with van der Waals surface area (Å²) in [5.74, 6) is -0.196. The van der Waals surface area contributed by atoms with Crippen LogP contribution in [0, 0.1) is 6.92 Å². The third-order valence-electron chi connectivity index (χ3n) is 2.77. The molecular formula is C12H10ClN3OS2. The van der Waals surface area contributed by atoms with Crippen molar-refractivity contribution in [3.05, 3.63) is 33.8 Å². The Morgan fingerprint density at radius 2 is 2.32 bits per heavy atom. The summed E-state index contributed by atoms with van der Waals surface area (Å²) in [6, 6.07) is 2.97. The molecule has 0 aliphatic carbocycles. The number of hydrogen-bond donors (Lipinski definition) is 2. The van der Waals surface area contributed by atoms with Crippen LogP contribution < -0.4 is 11.1 Å². The number of halogens is 1. The highest BCUT2D eigenvalue weighted by atomic mass is 35.5. The Bertz CT molecular complexity index is 671. The van der Waals surface area contributed by atoms with E-state index in [-0.39, 0.29) is 5.91 Å². The van der Waals surface area contributed by atoms with Crippen molar-refractivity contribution in [3.8, 4) is 0 Å². The molecule has 4 nitrogen and oxygen atoms in total. The van der Waals surface area contributed by atoms with Gasteiger partial charge in [-0.15, -0.1) is 11.3 Å². The van der Waals surface area contributed by atoms with Gasteiger partial charge < -0.3 is 11.1 Å². The fourth-order valence-electron chi connectivity index (χ4n) is 1.84. The predicted octanol–water partition coefficient (Wildman–Crippen LogP) is 3.21. The molecule has 3 rings (SSSR count). The number of aromatic nitrogens is 1. The Kier molecular flexibility index (Phi) is 3.26. The Hall–Kier alpha value is -1.08. The van der Waals surface area contributed by atoms with E-state index in [0.29, 0.717) is 5.02 Å². The Morgan fingerprint density at radius 3 is 3.00 bits per heavy atom. The van der Waals surface area contributed by atoms with Crippen molar-refractivity contribution in [2.75, 3.05) is 5.32 Å². The quantitative estimate of drug-likeness (QED) is 0.893. The summed E-state index contributed by atoms with van der Waals surface area (Å²) in [5, 5.41) is 5.33. The maximum Gasteiger partial charge on any atom is 0.245 e. The van der Waals surface area contributed by atoms with Crippen molar-refractivity contribution < 1.29 is 4.79 Å². The van der Waals surface area contributed by atoms with E-state index in [0.717, 1.165) is 26.2 Å². The average Bonchev–Trinajstić information content (AvgIpc) is 2.87. The molecular weight excluding hydrogens is 302 g/mol. The number of nitrogens with two attached hydrogens (primary N) is 1. The Labute approximate surface area is 123 Å². The second-order valence-corrected chi connectivity index (χ2v) is 6.75. The second kappa shape index (κ2) is 4.79. The molecule has 1 unspecified atom stereocenters. The fraction of sp³-hybridized carbons (Fsp3) is 0.167. The normalized spacial score (nSPS) is 17.4. The number of fused-ring (bicyclic) bond motifs is 1. The van der Waals surface area contributed by atoms with Crippen LogP contribution in [0.4, 0.5) is 5.69 Å². The predicted molar refractivity (Wildman–Crippen MR) is 78.0 cm³/mol. The third kappa shape index (κ3) is 2.36. The number of anilines is 1. The number of thiazole rings is 1. The van der Waals surface area contributed by atoms with Gasteiger partial charge in [-0.3, -0.25) is 4.79 Å². The van der Waals surface area contributed by atoms with E-state index in [4.69, 9.17) is 17.3 Å². The zero-order valence-corrected chi connectivity index (χ0v) is 12.3. The molecule has 1 amide bonds. The molecule has 1 atom stereocenters. The lowest BCUT2D eigenvalue weighted by atomic mass is 10.1. The zero-order chi connectivity index (χ0) is 13.6. The SMILES string of the molecule is Cc1csc(Sc2cc3c(cc2Cl)C(N)C(=O)N3)n1. The van der Waals surface area contributed by atoms with Crippen LogP contribution in [0.1, 0.15) is 17.3 Å². The van der Waals surface area contributed by atoms with Crippen molar-refractivity contribution in [2.24, 2.45) is 5.73 Å². The minimum Gasteiger partial charge on any atom is -0.324 e. The van der Waals surface area contributed by atoms with Gasteiger partial charge in [0.1, 0.15) is 6.04 Å². The van der Waals surface area contributed by atoms with E-state index < -0.39 is 6.04 Å². The number of nitrogens with zero attached hydrogens (tertiary/aromatic N) is 1. The Morgan fingerprint density at radius 1 is 1.53 bits per heavy atom. The molecule has 0 radical (unpaired) electrons. The van der Waals surface area contributed by atoms with E-state index in [1.165, 1.54) is 11.8 Å². The minimum atomic E-state index is -0.631. The molecule has 0 bridgehead atoms. The van der Waals surface area contributed by atoms with Crippen molar-refractivity contribution in [1.82, 2.24) is 4.98 Å². The van der Waals surface area contributed by atoms with Crippen LogP contribution in [0.15, 0.2) is 26.7 Å². The maximum absolute atomic E-state index is 11.5. The van der Waals surface area contributed by atoms with Gasteiger partial charge in [-0.05, 0) is 19.1 Å². The summed E-state index contributed by atoms with van der Waals surface area (Å²) in [7, 11) is 0. The highest BCUT2D eigenvalue weighted by Crippen LogP contribution is 2.41. The number of carbonyl (C=O) groups is 1. The largest absolute Gasteiger partial charge is 0.324 e. The molecule has 0 spiro atoms. The number of hydrogen-bond acceptors (Lipinski definition) is 5. The van der Waals surface area contributed by atoms with Gasteiger partial charge in [-0.2, -0.15) is 0 Å². The molecule has 0 saturated heterocycles. The lowest BCUT2D eigenvalue weighted by Crippen LogP contribution is -2.19. The molecule has 1 aliphatic heterocycles. The molecule has 19 heavy (non-hydrogen) atoms. The molecule has 0 fully saturated rings. The third-order valence-corrected chi connectivity index (χ3v) is 5.31. The molecule has 2 aromatic rings. The van der Waals surface area contributed by atoms with Gasteiger partial charge in [0.05, 0.1) is 5.02 Å². The van der Waals surface area contributed by atoms with Crippen LogP contribution in [-0.2, 0) is 4.79 Å². The highest BCUT2D eigenvalue weighted by molar-refractivity contribution is 8.01. The summed E-state index contributed by atoms with van der Waals surface area (Å²) in [5.41, 5.74) is 8.24. The minimum absolute atomic E-state index is 0.196. The average molecular weight is 312 g/mol. The molecule has 0 saturated carbocycles. The first kappa shape index (κ1) is 12.9. The molecule has 7 heteroatoms. The fourth-order valence-corrected chi connectivity index (χ4v) is 3.96. The van der Waals surface area contributed by atoms with Crippen molar-refractivity contribution in [2.45, 2.75) is 22.2 Å². The molecule has 2 heterocycles. The van der Waals surface area contributed by atoms with Crippen LogP contribution in [0.25, 0.3) is 0 Å². The highest BCUT2D eigenvalue weighted by Gasteiger charge is 2.28. The van der Waals surface area contributed by atoms with E-state index in [1.807, 2.05) is 18.4 Å². The molecule has 98 valence electrons. The van der Waals surface area contributed by atoms with Gasteiger partial charge >= 0.3 is 0 Å². The monoisotopic (exact) mass is 311 g/mol. The number of nitrogens with one attached hydrogen (secondary N) is 1. The number of amides is 1. The summed E-state index contributed by atoms with van der Waals surface area (Å²) < 4.78 is 0.924. The summed E-state index contributed by atoms with van der Waals surface area (Å²) in [6.45, 7) is 1.95. The van der Waals surface area contributed by atoms with Gasteiger partial charge in [0.15, 0.2) is 4.34 Å². The maximum atomic E-state index is 11.5. The molecule has 1 aromatic carbocycles. The van der Waals surface area contributed by atoms with Gasteiger partial charge in [0, 0.05) is 27.2 Å². The summed E-state index contributed by atoms with van der Waals surface area (Å²) in [6.07, 6.45) is 0. The second-order valence-electron chi connectivity index (χ2n) is 4.19. The zero-order valence-electron chi connectivity index (χ0n) is 9.94. The summed E-state index contributed by atoms with van der Waals surface area (Å²) >= 11 is 9.29. The van der Waals surface area contributed by atoms with Crippen LogP contribution in [0.2, 0.25) is 5.02 Å². The molecule has 3 N–H and O–H groups in total. The number of benzene rings is 1. The van der Waals surface area contributed by atoms with E-state index >= 15 is 0 Å². The Balaban J connectivity index is 1.96. The standard InChI is InChI=1S/C12H10ClN3OS2/c1-5-4-18-12(15-5)19-9-3-8-6(2-7(9)13)10(14)11(17)16-8/h2-4,10H,14H2,1H3,(H,16,17). The molecule has 1 aliphatic rings. The van der Waals surface area contributed by atoms with Crippen LogP contribution in [0.3, 0.4) is 0 Å². The number of carbonyl (C=O) groups excluding carboxylic acids is 1. The lowest BCUT2D eigenvalue weighted by Gasteiger charge is -2.06. The van der Waals surface area contributed by atoms with Crippen molar-refractivity contribution >= 4 is 46.3 Å². The first-order chi connectivity index (χ1) is 9.04. The number of aryl methyl sites for hydroxylation is 1. The topological polar surface area (TPSA) is 68.0 Å². The van der Waals surface area contributed by atoms with Crippen LogP contribution >= 0.6 is 34.7 Å². The summed E-state index contributed by atoms with van der Waals surface area (Å²) in [4.78, 5) is 16.8. The van der Waals surface area contributed by atoms with Crippen LogP contribution in [0.5, 0.6) is 0 Å². The van der Waals surface area contributed by atoms with Gasteiger partial charge in [-0.1, -0.05) is 23.4 Å². The first-order valence-electron chi connectivity index (χ1n) is 5.54. The van der Waals surface area contributed by atoms with E-state index in [2.05, 4.69) is 10.3 Å². The van der Waals surface area contributed by atoms with Gasteiger partial charge in [0.2, 0.25) is 5.91 Å². The van der Waals surface area contributed by atoms with Gasteiger partial charge in [0.25, 0.3) is 0 Å². The van der Waals surface area contributed by atoms with E-state index in [9.17, 15) is 4.79 Å². The first-order valence-corrected chi connectivity index (χ1v) is 7.62.